The molecule has 31 heavy (non-hydrogen) atoms. The molecule has 0 bridgehead atoms. The fraction of sp³-hybridized carbons (Fsp3) is 0.458. The Morgan fingerprint density at radius 3 is 2.35 bits per heavy atom. The molecule has 0 unspecified atom stereocenters. The van der Waals surface area contributed by atoms with Crippen LogP contribution in [0.25, 0.3) is 0 Å². The number of aliphatic hydroxyl groups excluding tert-OH is 1. The van der Waals surface area contributed by atoms with E-state index in [2.05, 4.69) is 4.90 Å². The first-order valence-electron chi connectivity index (χ1n) is 10.6. The van der Waals surface area contributed by atoms with Gasteiger partial charge >= 0.3 is 5.97 Å². The first-order chi connectivity index (χ1) is 15.0. The third-order valence-corrected chi connectivity index (χ3v) is 6.41. The van der Waals surface area contributed by atoms with Crippen LogP contribution in [-0.2, 0) is 6.54 Å². The number of nitrogens with zero attached hydrogens (tertiary/aromatic N) is 1. The van der Waals surface area contributed by atoms with Crippen LogP contribution in [0.1, 0.15) is 28.8 Å². The first-order valence-corrected chi connectivity index (χ1v) is 10.6. The lowest BCUT2D eigenvalue weighted by Gasteiger charge is -2.35. The maximum atomic E-state index is 11.5. The van der Waals surface area contributed by atoms with Gasteiger partial charge in [0.05, 0.1) is 20.3 Å². The van der Waals surface area contributed by atoms with Crippen LogP contribution in [-0.4, -0.2) is 60.6 Å². The van der Waals surface area contributed by atoms with Gasteiger partial charge in [0.25, 0.3) is 0 Å². The number of methoxy groups -OCH3 is 2. The molecule has 2 aliphatic rings. The molecule has 0 aromatic heterocycles. The van der Waals surface area contributed by atoms with Crippen molar-refractivity contribution in [2.45, 2.75) is 31.6 Å². The van der Waals surface area contributed by atoms with E-state index < -0.39 is 12.1 Å². The van der Waals surface area contributed by atoms with Crippen LogP contribution >= 0.6 is 0 Å². The number of benzene rings is 2. The average molecular weight is 427 g/mol. The molecule has 166 valence electrons. The molecule has 1 saturated heterocycles. The van der Waals surface area contributed by atoms with Crippen LogP contribution in [0.2, 0.25) is 0 Å². The zero-order chi connectivity index (χ0) is 22.0. The van der Waals surface area contributed by atoms with Crippen LogP contribution in [0.15, 0.2) is 42.5 Å². The number of hydrogen-bond acceptors (Lipinski definition) is 6. The molecule has 2 fully saturated rings. The number of likely N-dealkylation sites (tertiary alicyclic amines) is 1. The fourth-order valence-electron chi connectivity index (χ4n) is 4.90. The van der Waals surface area contributed by atoms with Crippen molar-refractivity contribution >= 4 is 5.97 Å². The Labute approximate surface area is 182 Å². The van der Waals surface area contributed by atoms with Crippen molar-refractivity contribution in [3.05, 3.63) is 53.6 Å². The highest BCUT2D eigenvalue weighted by atomic mass is 16.5. The third kappa shape index (κ3) is 4.62. The minimum Gasteiger partial charge on any atom is -0.496 e. The minimum atomic E-state index is -0.992. The van der Waals surface area contributed by atoms with E-state index in [0.29, 0.717) is 42.0 Å². The maximum Gasteiger partial charge on any atom is 0.339 e. The molecule has 7 nitrogen and oxygen atoms in total. The zero-order valence-electron chi connectivity index (χ0n) is 17.9. The molecule has 1 aliphatic carbocycles. The van der Waals surface area contributed by atoms with Crippen LogP contribution in [0.5, 0.6) is 17.2 Å². The van der Waals surface area contributed by atoms with Gasteiger partial charge in [-0.1, -0.05) is 18.2 Å². The Bertz CT molecular complexity index is 932. The Morgan fingerprint density at radius 2 is 1.68 bits per heavy atom. The van der Waals surface area contributed by atoms with E-state index in [4.69, 9.17) is 14.2 Å². The smallest absolute Gasteiger partial charge is 0.339 e. The van der Waals surface area contributed by atoms with Crippen molar-refractivity contribution in [2.24, 2.45) is 11.8 Å². The van der Waals surface area contributed by atoms with Crippen molar-refractivity contribution in [2.75, 3.05) is 27.3 Å². The summed E-state index contributed by atoms with van der Waals surface area (Å²) in [6.45, 7) is 2.46. The summed E-state index contributed by atoms with van der Waals surface area (Å²) in [5, 5.41) is 20.1. The average Bonchev–Trinajstić information content (AvgIpc) is 3.15. The molecule has 0 amide bonds. The largest absolute Gasteiger partial charge is 0.496 e. The summed E-state index contributed by atoms with van der Waals surface area (Å²) >= 11 is 0. The number of carboxylic acid groups (broad SMARTS) is 1. The van der Waals surface area contributed by atoms with E-state index in [9.17, 15) is 15.0 Å². The number of ether oxygens (including phenoxy) is 3. The topological polar surface area (TPSA) is 88.5 Å². The quantitative estimate of drug-likeness (QED) is 0.702. The second-order valence-corrected chi connectivity index (χ2v) is 8.40. The van der Waals surface area contributed by atoms with E-state index in [1.54, 1.807) is 19.2 Å². The normalized spacial score (nSPS) is 25.6. The lowest BCUT2D eigenvalue weighted by Crippen LogP contribution is -2.42. The van der Waals surface area contributed by atoms with E-state index >= 15 is 0 Å². The number of carbonyl (C=O) groups is 1. The Hall–Kier alpha value is -2.77. The van der Waals surface area contributed by atoms with Gasteiger partial charge in [-0.3, -0.25) is 4.90 Å². The molecular weight excluding hydrogens is 398 g/mol. The molecule has 1 heterocycles. The summed E-state index contributed by atoms with van der Waals surface area (Å²) in [6.07, 6.45) is 0.690. The monoisotopic (exact) mass is 427 g/mol. The van der Waals surface area contributed by atoms with Gasteiger partial charge in [0.15, 0.2) is 11.5 Å². The zero-order valence-corrected chi connectivity index (χ0v) is 17.9. The highest BCUT2D eigenvalue weighted by molar-refractivity contribution is 5.91. The summed E-state index contributed by atoms with van der Waals surface area (Å²) in [6, 6.07) is 12.8. The SMILES string of the molecule is COc1ccccc1O[C@@H]1C[C@@H]2CN(Cc3ccc(OC)c(C(=O)O)c3)C[C@@H]2C[C@H]1O. The van der Waals surface area contributed by atoms with Crippen LogP contribution < -0.4 is 14.2 Å². The maximum absolute atomic E-state index is 11.5. The van der Waals surface area contributed by atoms with E-state index in [1.165, 1.54) is 7.11 Å². The molecular formula is C24H29NO6. The fourth-order valence-corrected chi connectivity index (χ4v) is 4.90. The van der Waals surface area contributed by atoms with E-state index in [-0.39, 0.29) is 11.7 Å². The van der Waals surface area contributed by atoms with Crippen molar-refractivity contribution in [3.63, 3.8) is 0 Å². The number of para-hydroxylation sites is 2. The van der Waals surface area contributed by atoms with E-state index in [0.717, 1.165) is 25.1 Å². The predicted molar refractivity (Wildman–Crippen MR) is 115 cm³/mol. The van der Waals surface area contributed by atoms with Gasteiger partial charge in [-0.25, -0.2) is 4.79 Å². The molecule has 7 heteroatoms. The third-order valence-electron chi connectivity index (χ3n) is 6.41. The number of fused-ring (bicyclic) bond motifs is 1. The van der Waals surface area contributed by atoms with Crippen molar-refractivity contribution in [3.8, 4) is 17.2 Å². The van der Waals surface area contributed by atoms with Crippen LogP contribution in [0, 0.1) is 11.8 Å². The molecule has 4 atom stereocenters. The van der Waals surface area contributed by atoms with Gasteiger partial charge in [0.2, 0.25) is 0 Å². The molecule has 1 aliphatic heterocycles. The predicted octanol–water partition coefficient (Wildman–Crippen LogP) is 3.05. The summed E-state index contributed by atoms with van der Waals surface area (Å²) in [4.78, 5) is 13.8. The van der Waals surface area contributed by atoms with Crippen LogP contribution in [0.3, 0.4) is 0 Å². The molecule has 2 aromatic carbocycles. The van der Waals surface area contributed by atoms with E-state index in [1.807, 2.05) is 30.3 Å². The molecule has 0 radical (unpaired) electrons. The van der Waals surface area contributed by atoms with Crippen molar-refractivity contribution in [1.29, 1.82) is 0 Å². The molecule has 2 N–H and O–H groups in total. The van der Waals surface area contributed by atoms with Crippen LogP contribution in [0.4, 0.5) is 0 Å². The van der Waals surface area contributed by atoms with Crippen molar-refractivity contribution in [1.82, 2.24) is 4.90 Å². The van der Waals surface area contributed by atoms with Crippen molar-refractivity contribution < 1.29 is 29.2 Å². The van der Waals surface area contributed by atoms with Gasteiger partial charge in [-0.2, -0.15) is 0 Å². The Kier molecular flexibility index (Phi) is 6.34. The molecule has 2 aromatic rings. The molecule has 4 rings (SSSR count). The summed E-state index contributed by atoms with van der Waals surface area (Å²) < 4.78 is 16.7. The highest BCUT2D eigenvalue weighted by Crippen LogP contribution is 2.39. The lowest BCUT2D eigenvalue weighted by molar-refractivity contribution is -0.0240. The highest BCUT2D eigenvalue weighted by Gasteiger charge is 2.42. The number of aliphatic hydroxyl groups is 1. The first kappa shape index (κ1) is 21.5. The summed E-state index contributed by atoms with van der Waals surface area (Å²) in [5.41, 5.74) is 1.12. The number of carboxylic acids is 1. The molecule has 1 saturated carbocycles. The van der Waals surface area contributed by atoms with Gasteiger partial charge in [0.1, 0.15) is 17.4 Å². The summed E-state index contributed by atoms with van der Waals surface area (Å²) in [7, 11) is 3.08. The standard InChI is InChI=1S/C24H29NO6/c1-29-20-8-7-15(9-18(20)24(27)28)12-25-13-16-10-19(26)23(11-17(16)14-25)31-22-6-4-3-5-21(22)30-2/h3-9,16-17,19,23,26H,10-14H2,1-2H3,(H,27,28)/t16-,17+,19+,23+/m0/s1. The van der Waals surface area contributed by atoms with Gasteiger partial charge < -0.3 is 24.4 Å². The number of aromatic carboxylic acids is 1. The Balaban J connectivity index is 1.41. The van der Waals surface area contributed by atoms with Gasteiger partial charge in [-0.15, -0.1) is 0 Å². The number of rotatable bonds is 7. The second-order valence-electron chi connectivity index (χ2n) is 8.40. The van der Waals surface area contributed by atoms with Gasteiger partial charge in [-0.05, 0) is 54.5 Å². The second kappa shape index (κ2) is 9.16. The summed E-state index contributed by atoms with van der Waals surface area (Å²) in [5.74, 6) is 1.53. The Morgan fingerprint density at radius 1 is 1.00 bits per heavy atom. The lowest BCUT2D eigenvalue weighted by atomic mass is 9.78. The van der Waals surface area contributed by atoms with Gasteiger partial charge in [0, 0.05) is 19.6 Å². The molecule has 0 spiro atoms. The minimum absolute atomic E-state index is 0.178. The number of hydrogen-bond donors (Lipinski definition) is 2.